The average molecular weight is 451 g/mol. The van der Waals surface area contributed by atoms with Gasteiger partial charge in [0.15, 0.2) is 0 Å². The molecule has 0 spiro atoms. The lowest BCUT2D eigenvalue weighted by Gasteiger charge is -2.33. The zero-order valence-corrected chi connectivity index (χ0v) is 19.9. The highest BCUT2D eigenvalue weighted by Crippen LogP contribution is 2.45. The van der Waals surface area contributed by atoms with Crippen molar-refractivity contribution in [1.29, 1.82) is 0 Å². The number of nitrogens with zero attached hydrogens (tertiary/aromatic N) is 1. The van der Waals surface area contributed by atoms with Crippen LogP contribution < -0.4 is 10.1 Å². The van der Waals surface area contributed by atoms with E-state index in [1.54, 1.807) is 24.7 Å². The highest BCUT2D eigenvalue weighted by Gasteiger charge is 2.33. The second-order valence-electron chi connectivity index (χ2n) is 9.29. The molecule has 168 valence electrons. The first kappa shape index (κ1) is 22.3. The molecule has 0 fully saturated rings. The van der Waals surface area contributed by atoms with Gasteiger partial charge in [-0.05, 0) is 66.0 Å². The number of furan rings is 1. The zero-order valence-electron chi connectivity index (χ0n) is 19.1. The first-order valence-electron chi connectivity index (χ1n) is 11.0. The Balaban J connectivity index is 1.65. The van der Waals surface area contributed by atoms with E-state index in [0.29, 0.717) is 18.0 Å². The van der Waals surface area contributed by atoms with E-state index in [1.807, 2.05) is 42.6 Å². The highest BCUT2D eigenvalue weighted by atomic mass is 32.1. The SMILES string of the molecule is COc1cccc(C=Nc2sc3c(c2C(=O)NCc2ccco2)CC[C@H](C(C)(C)C)C3)c1. The number of rotatable bonds is 6. The van der Waals surface area contributed by atoms with E-state index in [4.69, 9.17) is 14.1 Å². The number of nitrogens with one attached hydrogen (secondary N) is 1. The predicted octanol–water partition coefficient (Wildman–Crippen LogP) is 6.18. The van der Waals surface area contributed by atoms with Gasteiger partial charge in [0.05, 0.1) is 25.5 Å². The fourth-order valence-electron chi connectivity index (χ4n) is 4.16. The normalized spacial score (nSPS) is 16.2. The molecule has 3 aromatic rings. The Morgan fingerprint density at radius 1 is 1.31 bits per heavy atom. The summed E-state index contributed by atoms with van der Waals surface area (Å²) in [4.78, 5) is 19.3. The van der Waals surface area contributed by atoms with E-state index in [9.17, 15) is 4.79 Å². The first-order valence-corrected chi connectivity index (χ1v) is 11.8. The van der Waals surface area contributed by atoms with Gasteiger partial charge >= 0.3 is 0 Å². The summed E-state index contributed by atoms with van der Waals surface area (Å²) in [6, 6.07) is 11.4. The predicted molar refractivity (Wildman–Crippen MR) is 129 cm³/mol. The van der Waals surface area contributed by atoms with Crippen molar-refractivity contribution >= 4 is 28.5 Å². The van der Waals surface area contributed by atoms with Gasteiger partial charge in [0, 0.05) is 11.1 Å². The number of methoxy groups -OCH3 is 1. The molecule has 5 nitrogen and oxygen atoms in total. The molecule has 0 radical (unpaired) electrons. The van der Waals surface area contributed by atoms with Gasteiger partial charge in [-0.15, -0.1) is 11.3 Å². The number of carbonyl (C=O) groups is 1. The van der Waals surface area contributed by atoms with Gasteiger partial charge in [-0.25, -0.2) is 4.99 Å². The summed E-state index contributed by atoms with van der Waals surface area (Å²) in [6.07, 6.45) is 6.42. The third-order valence-electron chi connectivity index (χ3n) is 6.13. The number of benzene rings is 1. The van der Waals surface area contributed by atoms with Crippen LogP contribution in [-0.2, 0) is 19.4 Å². The molecule has 0 saturated carbocycles. The maximum Gasteiger partial charge on any atom is 0.255 e. The Kier molecular flexibility index (Phi) is 6.51. The van der Waals surface area contributed by atoms with Crippen molar-refractivity contribution in [2.75, 3.05) is 7.11 Å². The molecule has 2 heterocycles. The maximum atomic E-state index is 13.2. The van der Waals surface area contributed by atoms with Crippen molar-refractivity contribution in [2.45, 2.75) is 46.6 Å². The Bertz CT molecular complexity index is 1110. The lowest BCUT2D eigenvalue weighted by atomic mass is 9.72. The van der Waals surface area contributed by atoms with Crippen LogP contribution in [0.25, 0.3) is 0 Å². The molecule has 6 heteroatoms. The van der Waals surface area contributed by atoms with Crippen LogP contribution in [0.4, 0.5) is 5.00 Å². The summed E-state index contributed by atoms with van der Waals surface area (Å²) in [5.74, 6) is 2.02. The van der Waals surface area contributed by atoms with Gasteiger partial charge < -0.3 is 14.5 Å². The molecule has 4 rings (SSSR count). The van der Waals surface area contributed by atoms with Crippen molar-refractivity contribution in [1.82, 2.24) is 5.32 Å². The molecule has 1 atom stereocenters. The molecular weight excluding hydrogens is 420 g/mol. The first-order chi connectivity index (χ1) is 15.3. The number of aliphatic imine (C=N–C) groups is 1. The Hall–Kier alpha value is -2.86. The van der Waals surface area contributed by atoms with E-state index in [2.05, 4.69) is 26.1 Å². The standard InChI is InChI=1S/C26H30N2O3S/c1-26(2,3)18-10-11-21-22(14-18)32-25(28-15-17-7-5-8-19(13-17)30-4)23(21)24(29)27-16-20-9-6-12-31-20/h5-9,12-13,15,18H,10-11,14,16H2,1-4H3,(H,27,29)/t18-/m0/s1. The molecule has 0 saturated heterocycles. The summed E-state index contributed by atoms with van der Waals surface area (Å²) in [5.41, 5.74) is 3.05. The van der Waals surface area contributed by atoms with Crippen LogP contribution in [0.3, 0.4) is 0 Å². The van der Waals surface area contributed by atoms with Gasteiger partial charge in [0.1, 0.15) is 16.5 Å². The van der Waals surface area contributed by atoms with Gasteiger partial charge in [0.2, 0.25) is 0 Å². The van der Waals surface area contributed by atoms with Crippen molar-refractivity contribution in [3.05, 3.63) is 70.0 Å². The third kappa shape index (κ3) is 4.96. The fourth-order valence-corrected chi connectivity index (χ4v) is 5.43. The fraction of sp³-hybridized carbons (Fsp3) is 0.385. The van der Waals surface area contributed by atoms with Crippen molar-refractivity contribution in [2.24, 2.45) is 16.3 Å². The molecule has 0 aliphatic heterocycles. The Labute approximate surface area is 193 Å². The zero-order chi connectivity index (χ0) is 22.7. The number of amides is 1. The van der Waals surface area contributed by atoms with Gasteiger partial charge in [-0.3, -0.25) is 4.79 Å². The minimum atomic E-state index is -0.0918. The summed E-state index contributed by atoms with van der Waals surface area (Å²) >= 11 is 1.65. The quantitative estimate of drug-likeness (QED) is 0.456. The molecule has 1 amide bonds. The topological polar surface area (TPSA) is 63.8 Å². The smallest absolute Gasteiger partial charge is 0.255 e. The lowest BCUT2D eigenvalue weighted by Crippen LogP contribution is -2.28. The van der Waals surface area contributed by atoms with Crippen molar-refractivity contribution < 1.29 is 13.9 Å². The minimum absolute atomic E-state index is 0.0918. The monoisotopic (exact) mass is 450 g/mol. The number of fused-ring (bicyclic) bond motifs is 1. The summed E-state index contributed by atoms with van der Waals surface area (Å²) < 4.78 is 10.7. The lowest BCUT2D eigenvalue weighted by molar-refractivity contribution is 0.0947. The van der Waals surface area contributed by atoms with Crippen molar-refractivity contribution in [3.8, 4) is 5.75 Å². The minimum Gasteiger partial charge on any atom is -0.497 e. The molecule has 1 N–H and O–H groups in total. The van der Waals surface area contributed by atoms with E-state index < -0.39 is 0 Å². The molecule has 2 aromatic heterocycles. The average Bonchev–Trinajstić information content (AvgIpc) is 3.42. The van der Waals surface area contributed by atoms with Gasteiger partial charge in [-0.2, -0.15) is 0 Å². The van der Waals surface area contributed by atoms with Gasteiger partial charge in [0.25, 0.3) is 5.91 Å². The van der Waals surface area contributed by atoms with Crippen LogP contribution >= 0.6 is 11.3 Å². The number of hydrogen-bond acceptors (Lipinski definition) is 5. The number of carbonyl (C=O) groups excluding carboxylic acids is 1. The number of hydrogen-bond donors (Lipinski definition) is 1. The molecular formula is C26H30N2O3S. The molecule has 1 aliphatic rings. The van der Waals surface area contributed by atoms with Crippen LogP contribution in [0.5, 0.6) is 5.75 Å². The largest absolute Gasteiger partial charge is 0.497 e. The molecule has 0 bridgehead atoms. The van der Waals surface area contributed by atoms with Crippen LogP contribution in [-0.4, -0.2) is 19.2 Å². The van der Waals surface area contributed by atoms with E-state index in [1.165, 1.54) is 4.88 Å². The van der Waals surface area contributed by atoms with E-state index >= 15 is 0 Å². The molecule has 1 aliphatic carbocycles. The van der Waals surface area contributed by atoms with Gasteiger partial charge in [-0.1, -0.05) is 32.9 Å². The molecule has 1 aromatic carbocycles. The number of thiophene rings is 1. The summed E-state index contributed by atoms with van der Waals surface area (Å²) in [7, 11) is 1.65. The maximum absolute atomic E-state index is 13.2. The Morgan fingerprint density at radius 3 is 2.88 bits per heavy atom. The van der Waals surface area contributed by atoms with E-state index in [-0.39, 0.29) is 11.3 Å². The third-order valence-corrected chi connectivity index (χ3v) is 7.29. The van der Waals surface area contributed by atoms with Crippen LogP contribution in [0.2, 0.25) is 0 Å². The van der Waals surface area contributed by atoms with Crippen LogP contribution in [0.1, 0.15) is 59.3 Å². The van der Waals surface area contributed by atoms with Crippen LogP contribution in [0.15, 0.2) is 52.1 Å². The molecule has 32 heavy (non-hydrogen) atoms. The summed E-state index contributed by atoms with van der Waals surface area (Å²) in [6.45, 7) is 7.26. The second-order valence-corrected chi connectivity index (χ2v) is 10.4. The summed E-state index contributed by atoms with van der Waals surface area (Å²) in [5, 5.41) is 3.78. The van der Waals surface area contributed by atoms with E-state index in [0.717, 1.165) is 46.9 Å². The Morgan fingerprint density at radius 2 is 2.16 bits per heavy atom. The second kappa shape index (κ2) is 9.33. The van der Waals surface area contributed by atoms with Crippen LogP contribution in [0, 0.1) is 11.3 Å². The molecule has 0 unspecified atom stereocenters. The van der Waals surface area contributed by atoms with Crippen molar-refractivity contribution in [3.63, 3.8) is 0 Å². The number of ether oxygens (including phenoxy) is 1. The highest BCUT2D eigenvalue weighted by molar-refractivity contribution is 7.16.